The molecule has 2 fully saturated rings. The van der Waals surface area contributed by atoms with Gasteiger partial charge in [-0.25, -0.2) is 0 Å². The van der Waals surface area contributed by atoms with Crippen LogP contribution in [0.1, 0.15) is 51.9 Å². The quantitative estimate of drug-likeness (QED) is 0.775. The molecular weight excluding hydrogens is 280 g/mol. The van der Waals surface area contributed by atoms with Crippen molar-refractivity contribution in [3.05, 3.63) is 0 Å². The predicted molar refractivity (Wildman–Crippen MR) is 75.5 cm³/mol. The zero-order chi connectivity index (χ0) is 15.0. The van der Waals surface area contributed by atoms with Crippen molar-refractivity contribution in [1.82, 2.24) is 9.03 Å². The zero-order valence-electron chi connectivity index (χ0n) is 12.1. The van der Waals surface area contributed by atoms with Gasteiger partial charge in [0.15, 0.2) is 0 Å². The van der Waals surface area contributed by atoms with E-state index in [-0.39, 0.29) is 12.0 Å². The summed E-state index contributed by atoms with van der Waals surface area (Å²) in [5.41, 5.74) is -1.39. The van der Waals surface area contributed by atoms with Crippen LogP contribution in [-0.4, -0.2) is 42.4 Å². The van der Waals surface area contributed by atoms with E-state index in [1.165, 1.54) is 11.2 Å². The fraction of sp³-hybridized carbons (Fsp3) is 0.923. The molecule has 0 aromatic heterocycles. The first-order chi connectivity index (χ1) is 9.27. The molecule has 0 amide bonds. The lowest BCUT2D eigenvalue weighted by atomic mass is 9.96. The summed E-state index contributed by atoms with van der Waals surface area (Å²) in [5, 5.41) is 9.35. The monoisotopic (exact) mass is 304 g/mol. The molecule has 6 nitrogen and oxygen atoms in total. The number of hydrogen-bond donors (Lipinski definition) is 2. The molecule has 0 aromatic rings. The molecule has 0 aliphatic heterocycles. The van der Waals surface area contributed by atoms with Crippen LogP contribution in [0.25, 0.3) is 0 Å². The van der Waals surface area contributed by atoms with Crippen molar-refractivity contribution >= 4 is 16.2 Å². The Labute approximate surface area is 120 Å². The van der Waals surface area contributed by atoms with Crippen LogP contribution in [0.15, 0.2) is 0 Å². The van der Waals surface area contributed by atoms with Gasteiger partial charge in [0.2, 0.25) is 0 Å². The van der Waals surface area contributed by atoms with Crippen LogP contribution in [0.2, 0.25) is 0 Å². The minimum Gasteiger partial charge on any atom is -0.480 e. The van der Waals surface area contributed by atoms with Crippen LogP contribution in [-0.2, 0) is 15.0 Å². The van der Waals surface area contributed by atoms with E-state index in [2.05, 4.69) is 4.72 Å². The summed E-state index contributed by atoms with van der Waals surface area (Å²) in [7, 11) is -2.22. The van der Waals surface area contributed by atoms with Gasteiger partial charge in [0.25, 0.3) is 10.2 Å². The zero-order valence-corrected chi connectivity index (χ0v) is 12.9. The first kappa shape index (κ1) is 15.7. The molecule has 20 heavy (non-hydrogen) atoms. The van der Waals surface area contributed by atoms with Crippen LogP contribution < -0.4 is 4.72 Å². The normalized spacial score (nSPS) is 24.6. The molecule has 0 radical (unpaired) electrons. The second-order valence-corrected chi connectivity index (χ2v) is 7.93. The molecule has 0 saturated heterocycles. The minimum atomic E-state index is -3.77. The molecule has 0 spiro atoms. The van der Waals surface area contributed by atoms with E-state index < -0.39 is 21.7 Å². The number of rotatable bonds is 6. The molecule has 7 heteroatoms. The Morgan fingerprint density at radius 3 is 2.20 bits per heavy atom. The highest BCUT2D eigenvalue weighted by Gasteiger charge is 2.50. The number of hydrogen-bond acceptors (Lipinski definition) is 3. The van der Waals surface area contributed by atoms with Crippen molar-refractivity contribution in [3.8, 4) is 0 Å². The molecular formula is C13H24N2O4S. The van der Waals surface area contributed by atoms with Gasteiger partial charge in [-0.05, 0) is 38.5 Å². The highest BCUT2D eigenvalue weighted by Crippen LogP contribution is 2.40. The average Bonchev–Trinajstić information content (AvgIpc) is 3.22. The van der Waals surface area contributed by atoms with Crippen molar-refractivity contribution in [2.24, 2.45) is 5.92 Å². The number of aliphatic carboxylic acids is 1. The van der Waals surface area contributed by atoms with Gasteiger partial charge < -0.3 is 5.11 Å². The Morgan fingerprint density at radius 1 is 1.20 bits per heavy atom. The Bertz CT molecular complexity index is 469. The van der Waals surface area contributed by atoms with Gasteiger partial charge in [0.1, 0.15) is 5.54 Å². The maximum Gasteiger partial charge on any atom is 0.324 e. The van der Waals surface area contributed by atoms with E-state index in [4.69, 9.17) is 0 Å². The van der Waals surface area contributed by atoms with Crippen LogP contribution in [0, 0.1) is 5.92 Å². The predicted octanol–water partition coefficient (Wildman–Crippen LogP) is 1.34. The molecule has 2 saturated carbocycles. The van der Waals surface area contributed by atoms with Gasteiger partial charge in [-0.15, -0.1) is 0 Å². The van der Waals surface area contributed by atoms with E-state index in [0.717, 1.165) is 44.9 Å². The second-order valence-electron chi connectivity index (χ2n) is 6.20. The standard InChI is InChI=1S/C13H24N2O4S/c1-13(12(16)17,10-8-9-10)14-20(18,19)15(2)11-6-4-3-5-7-11/h10-11,14H,3-9H2,1-2H3,(H,16,17). The summed E-state index contributed by atoms with van der Waals surface area (Å²) in [6, 6.07) is -0.0153. The number of nitrogens with one attached hydrogen (secondary N) is 1. The molecule has 1 atom stereocenters. The van der Waals surface area contributed by atoms with E-state index in [1.54, 1.807) is 7.05 Å². The summed E-state index contributed by atoms with van der Waals surface area (Å²) in [4.78, 5) is 11.4. The van der Waals surface area contributed by atoms with Gasteiger partial charge in [-0.2, -0.15) is 17.4 Å². The fourth-order valence-corrected chi connectivity index (χ4v) is 4.48. The van der Waals surface area contributed by atoms with Crippen molar-refractivity contribution in [2.45, 2.75) is 63.5 Å². The van der Waals surface area contributed by atoms with Crippen molar-refractivity contribution in [2.75, 3.05) is 7.05 Å². The van der Waals surface area contributed by atoms with Crippen molar-refractivity contribution in [3.63, 3.8) is 0 Å². The number of carbonyl (C=O) groups is 1. The summed E-state index contributed by atoms with van der Waals surface area (Å²) in [5.74, 6) is -1.20. The first-order valence-corrected chi connectivity index (χ1v) is 8.71. The SMILES string of the molecule is CN(C1CCCCC1)S(=O)(=O)NC(C)(C(=O)O)C1CC1. The number of carboxylic acid groups (broad SMARTS) is 1. The van der Waals surface area contributed by atoms with Crippen LogP contribution in [0.3, 0.4) is 0 Å². The van der Waals surface area contributed by atoms with Crippen molar-refractivity contribution in [1.29, 1.82) is 0 Å². The van der Waals surface area contributed by atoms with Crippen LogP contribution in [0.4, 0.5) is 0 Å². The molecule has 0 bridgehead atoms. The maximum atomic E-state index is 12.4. The summed E-state index contributed by atoms with van der Waals surface area (Å²) >= 11 is 0. The Kier molecular flexibility index (Phi) is 4.41. The Morgan fingerprint density at radius 2 is 1.75 bits per heavy atom. The topological polar surface area (TPSA) is 86.7 Å². The molecule has 0 heterocycles. The molecule has 2 aliphatic carbocycles. The summed E-state index contributed by atoms with van der Waals surface area (Å²) in [6.45, 7) is 1.47. The minimum absolute atomic E-state index is 0.0153. The lowest BCUT2D eigenvalue weighted by Crippen LogP contribution is -2.58. The van der Waals surface area contributed by atoms with Crippen molar-refractivity contribution < 1.29 is 18.3 Å². The second kappa shape index (κ2) is 5.61. The Hall–Kier alpha value is -0.660. The number of nitrogens with zero attached hydrogens (tertiary/aromatic N) is 1. The van der Waals surface area contributed by atoms with Gasteiger partial charge in [0.05, 0.1) is 0 Å². The van der Waals surface area contributed by atoms with Gasteiger partial charge in [0, 0.05) is 13.1 Å². The molecule has 2 rings (SSSR count). The van der Waals surface area contributed by atoms with Gasteiger partial charge in [-0.1, -0.05) is 19.3 Å². The van der Waals surface area contributed by atoms with E-state index in [9.17, 15) is 18.3 Å². The van der Waals surface area contributed by atoms with Crippen LogP contribution >= 0.6 is 0 Å². The highest BCUT2D eigenvalue weighted by molar-refractivity contribution is 7.87. The third-order valence-corrected chi connectivity index (χ3v) is 6.39. The molecule has 2 aliphatic rings. The lowest BCUT2D eigenvalue weighted by molar-refractivity contribution is -0.144. The third kappa shape index (κ3) is 3.15. The molecule has 116 valence electrons. The lowest BCUT2D eigenvalue weighted by Gasteiger charge is -2.34. The highest BCUT2D eigenvalue weighted by atomic mass is 32.2. The largest absolute Gasteiger partial charge is 0.480 e. The summed E-state index contributed by atoms with van der Waals surface area (Å²) in [6.07, 6.45) is 6.44. The smallest absolute Gasteiger partial charge is 0.324 e. The van der Waals surface area contributed by atoms with E-state index >= 15 is 0 Å². The molecule has 0 aromatic carbocycles. The van der Waals surface area contributed by atoms with Gasteiger partial charge in [-0.3, -0.25) is 4.79 Å². The van der Waals surface area contributed by atoms with Crippen LogP contribution in [0.5, 0.6) is 0 Å². The number of carboxylic acids is 1. The van der Waals surface area contributed by atoms with E-state index in [1.807, 2.05) is 0 Å². The third-order valence-electron chi connectivity index (χ3n) is 4.65. The first-order valence-electron chi connectivity index (χ1n) is 7.27. The summed E-state index contributed by atoms with van der Waals surface area (Å²) < 4.78 is 28.6. The van der Waals surface area contributed by atoms with E-state index in [0.29, 0.717) is 0 Å². The molecule has 2 N–H and O–H groups in total. The Balaban J connectivity index is 2.10. The maximum absolute atomic E-state index is 12.4. The molecule has 1 unspecified atom stereocenters. The average molecular weight is 304 g/mol. The fourth-order valence-electron chi connectivity index (χ4n) is 2.94. The van der Waals surface area contributed by atoms with Gasteiger partial charge >= 0.3 is 5.97 Å².